The maximum absolute atomic E-state index is 13.3. The Morgan fingerprint density at radius 1 is 1.40 bits per heavy atom. The molecular weight excluding hydrogens is 336 g/mol. The predicted octanol–water partition coefficient (Wildman–Crippen LogP) is 3.72. The number of Topliss-reactive ketones (excluding diaryl/α,β-unsaturated/α-hetero) is 1. The van der Waals surface area contributed by atoms with Crippen LogP contribution in [0.2, 0.25) is 0 Å². The van der Waals surface area contributed by atoms with Gasteiger partial charge >= 0.3 is 0 Å². The number of carbonyl (C=O) groups excluding carboxylic acids is 2. The highest BCUT2D eigenvalue weighted by Crippen LogP contribution is 2.23. The number of hydrogen-bond acceptors (Lipinski definition) is 4. The average molecular weight is 360 g/mol. The smallest absolute Gasteiger partial charge is 0.256 e. The molecule has 0 aromatic carbocycles. The van der Waals surface area contributed by atoms with Crippen LogP contribution in [0.5, 0.6) is 0 Å². The summed E-state index contributed by atoms with van der Waals surface area (Å²) in [6.07, 6.45) is 2.12. The normalized spacial score (nSPS) is 17.0. The summed E-state index contributed by atoms with van der Waals surface area (Å²) >= 11 is 1.63. The number of H-pyrrole nitrogens is 1. The zero-order valence-electron chi connectivity index (χ0n) is 14.9. The number of rotatable bonds is 6. The molecule has 1 fully saturated rings. The SMILES string of the molecule is CC(=O)c1[nH]c(C)c(C(=O)N(Cc2ccsc2)CC2CCCO2)c1C. The van der Waals surface area contributed by atoms with Crippen LogP contribution in [-0.4, -0.2) is 40.8 Å². The fourth-order valence-electron chi connectivity index (χ4n) is 3.44. The second-order valence-corrected chi connectivity index (χ2v) is 7.41. The van der Waals surface area contributed by atoms with Crippen LogP contribution in [0.4, 0.5) is 0 Å². The molecule has 0 aliphatic carbocycles. The van der Waals surface area contributed by atoms with Gasteiger partial charge in [0.15, 0.2) is 5.78 Å². The van der Waals surface area contributed by atoms with Crippen molar-refractivity contribution in [1.29, 1.82) is 0 Å². The summed E-state index contributed by atoms with van der Waals surface area (Å²) in [5, 5.41) is 4.08. The van der Waals surface area contributed by atoms with Crippen molar-refractivity contribution in [2.75, 3.05) is 13.2 Å². The zero-order chi connectivity index (χ0) is 18.0. The second-order valence-electron chi connectivity index (χ2n) is 6.63. The minimum Gasteiger partial charge on any atom is -0.376 e. The van der Waals surface area contributed by atoms with Crippen LogP contribution >= 0.6 is 11.3 Å². The lowest BCUT2D eigenvalue weighted by Gasteiger charge is -2.25. The number of amides is 1. The number of hydrogen-bond donors (Lipinski definition) is 1. The first-order valence-electron chi connectivity index (χ1n) is 8.59. The van der Waals surface area contributed by atoms with Gasteiger partial charge in [0.2, 0.25) is 0 Å². The van der Waals surface area contributed by atoms with E-state index in [-0.39, 0.29) is 17.8 Å². The van der Waals surface area contributed by atoms with Gasteiger partial charge in [-0.1, -0.05) is 0 Å². The Balaban J connectivity index is 1.89. The van der Waals surface area contributed by atoms with Gasteiger partial charge in [-0.25, -0.2) is 0 Å². The van der Waals surface area contributed by atoms with E-state index in [1.165, 1.54) is 6.92 Å². The van der Waals surface area contributed by atoms with Gasteiger partial charge in [-0.2, -0.15) is 11.3 Å². The minimum absolute atomic E-state index is 0.0412. The first-order valence-corrected chi connectivity index (χ1v) is 9.53. The monoisotopic (exact) mass is 360 g/mol. The third-order valence-electron chi connectivity index (χ3n) is 4.69. The predicted molar refractivity (Wildman–Crippen MR) is 98.3 cm³/mol. The van der Waals surface area contributed by atoms with Crippen LogP contribution in [0.15, 0.2) is 16.8 Å². The van der Waals surface area contributed by atoms with E-state index in [4.69, 9.17) is 4.74 Å². The summed E-state index contributed by atoms with van der Waals surface area (Å²) in [7, 11) is 0. The molecule has 0 spiro atoms. The lowest BCUT2D eigenvalue weighted by molar-refractivity contribution is 0.0506. The Bertz CT molecular complexity index is 758. The molecule has 1 saturated heterocycles. The highest BCUT2D eigenvalue weighted by Gasteiger charge is 2.28. The molecule has 2 aromatic heterocycles. The zero-order valence-corrected chi connectivity index (χ0v) is 15.7. The lowest BCUT2D eigenvalue weighted by atomic mass is 10.1. The Hall–Kier alpha value is -1.92. The van der Waals surface area contributed by atoms with Crippen molar-refractivity contribution in [2.24, 2.45) is 0 Å². The Labute approximate surface area is 152 Å². The molecule has 0 saturated carbocycles. The molecule has 134 valence electrons. The van der Waals surface area contributed by atoms with E-state index in [1.54, 1.807) is 11.3 Å². The number of aryl methyl sites for hydroxylation is 1. The van der Waals surface area contributed by atoms with Crippen molar-refractivity contribution >= 4 is 23.0 Å². The Morgan fingerprint density at radius 2 is 2.20 bits per heavy atom. The molecule has 25 heavy (non-hydrogen) atoms. The van der Waals surface area contributed by atoms with Gasteiger partial charge in [-0.3, -0.25) is 9.59 Å². The summed E-state index contributed by atoms with van der Waals surface area (Å²) in [6.45, 7) is 7.10. The van der Waals surface area contributed by atoms with Crippen LogP contribution < -0.4 is 0 Å². The van der Waals surface area contributed by atoms with Crippen molar-refractivity contribution in [1.82, 2.24) is 9.88 Å². The molecule has 1 unspecified atom stereocenters. The van der Waals surface area contributed by atoms with Gasteiger partial charge in [0, 0.05) is 32.3 Å². The number of nitrogens with zero attached hydrogens (tertiary/aromatic N) is 1. The van der Waals surface area contributed by atoms with Gasteiger partial charge in [-0.15, -0.1) is 0 Å². The van der Waals surface area contributed by atoms with E-state index >= 15 is 0 Å². The molecule has 6 heteroatoms. The van der Waals surface area contributed by atoms with E-state index in [0.29, 0.717) is 24.3 Å². The Kier molecular flexibility index (Phi) is 5.39. The summed E-state index contributed by atoms with van der Waals surface area (Å²) in [6, 6.07) is 2.04. The van der Waals surface area contributed by atoms with Crippen molar-refractivity contribution in [3.05, 3.63) is 44.9 Å². The quantitative estimate of drug-likeness (QED) is 0.799. The molecule has 1 N–H and O–H groups in total. The van der Waals surface area contributed by atoms with E-state index in [1.807, 2.05) is 30.2 Å². The largest absolute Gasteiger partial charge is 0.376 e. The molecule has 1 aliphatic rings. The molecule has 1 atom stereocenters. The summed E-state index contributed by atoms with van der Waals surface area (Å²) < 4.78 is 5.74. The number of thiophene rings is 1. The van der Waals surface area contributed by atoms with Crippen molar-refractivity contribution < 1.29 is 14.3 Å². The Morgan fingerprint density at radius 3 is 2.76 bits per heavy atom. The molecule has 3 rings (SSSR count). The van der Waals surface area contributed by atoms with E-state index in [0.717, 1.165) is 36.3 Å². The maximum Gasteiger partial charge on any atom is 0.256 e. The number of ether oxygens (including phenoxy) is 1. The molecule has 2 aromatic rings. The van der Waals surface area contributed by atoms with Crippen molar-refractivity contribution in [2.45, 2.75) is 46.3 Å². The van der Waals surface area contributed by atoms with Gasteiger partial charge in [0.25, 0.3) is 5.91 Å². The minimum atomic E-state index is -0.0526. The van der Waals surface area contributed by atoms with Gasteiger partial charge < -0.3 is 14.6 Å². The third-order valence-corrected chi connectivity index (χ3v) is 5.42. The van der Waals surface area contributed by atoms with Crippen LogP contribution in [0.25, 0.3) is 0 Å². The van der Waals surface area contributed by atoms with Crippen molar-refractivity contribution in [3.8, 4) is 0 Å². The third kappa shape index (κ3) is 3.85. The molecular formula is C19H24N2O3S. The summed E-state index contributed by atoms with van der Waals surface area (Å²) in [5.41, 5.74) is 3.73. The van der Waals surface area contributed by atoms with E-state index < -0.39 is 0 Å². The maximum atomic E-state index is 13.3. The number of aromatic amines is 1. The standard InChI is InChI=1S/C19H24N2O3S/c1-12-17(13(2)20-18(12)14(3)22)19(23)21(9-15-6-8-25-11-15)10-16-5-4-7-24-16/h6,8,11,16,20H,4-5,7,9-10H2,1-3H3. The number of aromatic nitrogens is 1. The fraction of sp³-hybridized carbons (Fsp3) is 0.474. The van der Waals surface area contributed by atoms with Gasteiger partial charge in [0.05, 0.1) is 17.4 Å². The van der Waals surface area contributed by atoms with E-state index in [9.17, 15) is 9.59 Å². The van der Waals surface area contributed by atoms with E-state index in [2.05, 4.69) is 10.4 Å². The van der Waals surface area contributed by atoms with Crippen LogP contribution in [0, 0.1) is 13.8 Å². The number of ketones is 1. The molecule has 1 amide bonds. The van der Waals surface area contributed by atoms with Crippen LogP contribution in [-0.2, 0) is 11.3 Å². The fourth-order valence-corrected chi connectivity index (χ4v) is 4.10. The van der Waals surface area contributed by atoms with Gasteiger partial charge in [0.1, 0.15) is 0 Å². The highest BCUT2D eigenvalue weighted by atomic mass is 32.1. The summed E-state index contributed by atoms with van der Waals surface area (Å²) in [4.78, 5) is 30.0. The lowest BCUT2D eigenvalue weighted by Crippen LogP contribution is -2.37. The number of carbonyl (C=O) groups is 2. The first kappa shape index (κ1) is 17.9. The summed E-state index contributed by atoms with van der Waals surface area (Å²) in [5.74, 6) is -0.0939. The highest BCUT2D eigenvalue weighted by molar-refractivity contribution is 7.07. The number of nitrogens with one attached hydrogen (secondary N) is 1. The molecule has 1 aliphatic heterocycles. The average Bonchev–Trinajstić information content (AvgIpc) is 3.29. The van der Waals surface area contributed by atoms with Crippen LogP contribution in [0.3, 0.4) is 0 Å². The van der Waals surface area contributed by atoms with Crippen LogP contribution in [0.1, 0.15) is 57.4 Å². The molecule has 5 nitrogen and oxygen atoms in total. The van der Waals surface area contributed by atoms with Gasteiger partial charge in [-0.05, 0) is 54.6 Å². The topological polar surface area (TPSA) is 62.4 Å². The molecule has 3 heterocycles. The first-order chi connectivity index (χ1) is 12.0. The molecule has 0 radical (unpaired) electrons. The molecule has 0 bridgehead atoms. The van der Waals surface area contributed by atoms with Crippen molar-refractivity contribution in [3.63, 3.8) is 0 Å². The second kappa shape index (κ2) is 7.54.